The van der Waals surface area contributed by atoms with Crippen LogP contribution in [0.2, 0.25) is 4.34 Å². The first-order valence-electron chi connectivity index (χ1n) is 13.6. The molecule has 41 heavy (non-hydrogen) atoms. The highest BCUT2D eigenvalue weighted by Crippen LogP contribution is 2.27. The highest BCUT2D eigenvalue weighted by Gasteiger charge is 2.22. The summed E-state index contributed by atoms with van der Waals surface area (Å²) in [4.78, 5) is 28.2. The molecule has 1 saturated heterocycles. The maximum absolute atomic E-state index is 15.1. The molecule has 1 aliphatic rings. The van der Waals surface area contributed by atoms with Gasteiger partial charge < -0.3 is 10.2 Å². The summed E-state index contributed by atoms with van der Waals surface area (Å²) in [6.45, 7) is 4.28. The molecule has 0 unspecified atom stereocenters. The number of nitrogens with zero attached hydrogens (tertiary/aromatic N) is 2. The van der Waals surface area contributed by atoms with Crippen molar-refractivity contribution >= 4 is 55.0 Å². The number of aromatic nitrogens is 1. The number of thiophene rings is 1. The zero-order chi connectivity index (χ0) is 29.0. The van der Waals surface area contributed by atoms with Crippen molar-refractivity contribution in [3.8, 4) is 5.69 Å². The summed E-state index contributed by atoms with van der Waals surface area (Å²) in [5.41, 5.74) is 0.939. The van der Waals surface area contributed by atoms with Gasteiger partial charge in [0.1, 0.15) is 15.8 Å². The molecule has 0 saturated carbocycles. The maximum atomic E-state index is 15.1. The Hall–Kier alpha value is -3.05. The molecule has 0 bridgehead atoms. The third-order valence-electron chi connectivity index (χ3n) is 7.21. The van der Waals surface area contributed by atoms with E-state index in [0.717, 1.165) is 48.0 Å². The standard InChI is InChI=1S/C30H31ClFN3O4S2/c31-28-9-10-29(40-28)41(38,39)20-24(36)17-21-5-8-27(26(32)18-21)35-16-11-22-19-23(6-7-25(22)30(35)37)33-12-4-15-34-13-2-1-3-14-34/h5-11,16,18-19,33H,1-4,12-15,17,20H2. The number of hydrogen-bond acceptors (Lipinski definition) is 7. The van der Waals surface area contributed by atoms with Crippen molar-refractivity contribution in [2.45, 2.75) is 36.3 Å². The van der Waals surface area contributed by atoms with Crippen LogP contribution in [-0.2, 0) is 21.1 Å². The van der Waals surface area contributed by atoms with E-state index in [0.29, 0.717) is 15.3 Å². The zero-order valence-electron chi connectivity index (χ0n) is 22.4. The van der Waals surface area contributed by atoms with Crippen molar-refractivity contribution in [3.05, 3.63) is 86.9 Å². The highest BCUT2D eigenvalue weighted by atomic mass is 35.5. The molecule has 4 aromatic rings. The fourth-order valence-corrected chi connectivity index (χ4v) is 7.96. The molecular weight excluding hydrogens is 585 g/mol. The minimum Gasteiger partial charge on any atom is -0.385 e. The third-order valence-corrected chi connectivity index (χ3v) is 10.7. The minimum atomic E-state index is -3.82. The molecule has 216 valence electrons. The monoisotopic (exact) mass is 615 g/mol. The summed E-state index contributed by atoms with van der Waals surface area (Å²) >= 11 is 6.70. The fraction of sp³-hybridized carbons (Fsp3) is 0.333. The average molecular weight is 616 g/mol. The van der Waals surface area contributed by atoms with Crippen LogP contribution in [0.25, 0.3) is 16.5 Å². The number of Topliss-reactive ketones (excluding diaryl/α,β-unsaturated/α-hetero) is 1. The molecule has 11 heteroatoms. The number of halogens is 2. The van der Waals surface area contributed by atoms with Gasteiger partial charge in [-0.2, -0.15) is 0 Å². The zero-order valence-corrected chi connectivity index (χ0v) is 24.8. The number of rotatable bonds is 11. The number of sulfone groups is 1. The van der Waals surface area contributed by atoms with E-state index in [-0.39, 0.29) is 21.9 Å². The number of ketones is 1. The first-order chi connectivity index (χ1) is 19.7. The van der Waals surface area contributed by atoms with Crippen molar-refractivity contribution in [2.24, 2.45) is 0 Å². The van der Waals surface area contributed by atoms with Crippen LogP contribution < -0.4 is 10.9 Å². The van der Waals surface area contributed by atoms with Gasteiger partial charge in [-0.25, -0.2) is 12.8 Å². The summed E-state index contributed by atoms with van der Waals surface area (Å²) in [6.07, 6.45) is 6.21. The van der Waals surface area contributed by atoms with Gasteiger partial charge in [-0.15, -0.1) is 11.3 Å². The number of piperidine rings is 1. The lowest BCUT2D eigenvalue weighted by atomic mass is 10.1. The Morgan fingerprint density at radius 1 is 1.02 bits per heavy atom. The molecule has 0 aliphatic carbocycles. The summed E-state index contributed by atoms with van der Waals surface area (Å²) in [5.74, 6) is -1.95. The second-order valence-corrected chi connectivity index (χ2v) is 14.2. The van der Waals surface area contributed by atoms with Crippen LogP contribution in [0.15, 0.2) is 69.8 Å². The Morgan fingerprint density at radius 3 is 2.56 bits per heavy atom. The maximum Gasteiger partial charge on any atom is 0.263 e. The molecule has 7 nitrogen and oxygen atoms in total. The van der Waals surface area contributed by atoms with E-state index in [1.165, 1.54) is 67.4 Å². The third kappa shape index (κ3) is 7.24. The van der Waals surface area contributed by atoms with Crippen molar-refractivity contribution in [2.75, 3.05) is 37.2 Å². The van der Waals surface area contributed by atoms with Crippen molar-refractivity contribution in [3.63, 3.8) is 0 Å². The van der Waals surface area contributed by atoms with Crippen molar-refractivity contribution < 1.29 is 17.6 Å². The molecule has 0 atom stereocenters. The van der Waals surface area contributed by atoms with E-state index in [1.54, 1.807) is 12.1 Å². The quantitative estimate of drug-likeness (QED) is 0.217. The van der Waals surface area contributed by atoms with Crippen LogP contribution in [0.5, 0.6) is 0 Å². The first-order valence-corrected chi connectivity index (χ1v) is 16.4. The molecule has 2 aromatic heterocycles. The molecule has 5 rings (SSSR count). The van der Waals surface area contributed by atoms with Crippen molar-refractivity contribution in [1.82, 2.24) is 9.47 Å². The predicted octanol–water partition coefficient (Wildman–Crippen LogP) is 5.72. The summed E-state index contributed by atoms with van der Waals surface area (Å²) in [7, 11) is -3.82. The van der Waals surface area contributed by atoms with Crippen LogP contribution in [0.4, 0.5) is 10.1 Å². The smallest absolute Gasteiger partial charge is 0.263 e. The number of likely N-dealkylation sites (tertiary alicyclic amines) is 1. The number of anilines is 1. The van der Waals surface area contributed by atoms with Crippen LogP contribution in [0.1, 0.15) is 31.2 Å². The molecule has 0 amide bonds. The van der Waals surface area contributed by atoms with Crippen molar-refractivity contribution in [1.29, 1.82) is 0 Å². The van der Waals surface area contributed by atoms with E-state index in [1.807, 2.05) is 12.1 Å². The number of hydrogen-bond donors (Lipinski definition) is 1. The van der Waals surface area contributed by atoms with E-state index in [9.17, 15) is 18.0 Å². The molecule has 2 aromatic carbocycles. The average Bonchev–Trinajstić information content (AvgIpc) is 3.39. The Morgan fingerprint density at radius 2 is 1.83 bits per heavy atom. The largest absolute Gasteiger partial charge is 0.385 e. The highest BCUT2D eigenvalue weighted by molar-refractivity contribution is 7.94. The van der Waals surface area contributed by atoms with Gasteiger partial charge in [-0.05, 0) is 98.4 Å². The van der Waals surface area contributed by atoms with E-state index >= 15 is 4.39 Å². The second kappa shape index (κ2) is 12.9. The van der Waals surface area contributed by atoms with Crippen LogP contribution in [0.3, 0.4) is 0 Å². The number of pyridine rings is 1. The van der Waals surface area contributed by atoms with Gasteiger partial charge in [-0.1, -0.05) is 24.1 Å². The Labute approximate surface area is 247 Å². The van der Waals surface area contributed by atoms with Crippen LogP contribution in [0, 0.1) is 5.82 Å². The molecule has 1 N–H and O–H groups in total. The lowest BCUT2D eigenvalue weighted by molar-refractivity contribution is -0.116. The summed E-state index contributed by atoms with van der Waals surface area (Å²) in [6, 6.07) is 14.2. The van der Waals surface area contributed by atoms with Gasteiger partial charge in [0.05, 0.1) is 10.0 Å². The van der Waals surface area contributed by atoms with E-state index < -0.39 is 27.2 Å². The first kappa shape index (κ1) is 29.4. The normalized spacial score (nSPS) is 14.4. The summed E-state index contributed by atoms with van der Waals surface area (Å²) < 4.78 is 41.6. The molecule has 1 fully saturated rings. The van der Waals surface area contributed by atoms with Gasteiger partial charge in [0.2, 0.25) is 0 Å². The molecular formula is C30H31ClFN3O4S2. The molecule has 0 spiro atoms. The SMILES string of the molecule is O=C(Cc1ccc(-n2ccc3cc(NCCCN4CCCCC4)ccc3c2=O)c(F)c1)CS(=O)(=O)c1ccc(Cl)s1. The van der Waals surface area contributed by atoms with Gasteiger partial charge >= 0.3 is 0 Å². The lowest BCUT2D eigenvalue weighted by Gasteiger charge is -2.26. The molecule has 0 radical (unpaired) electrons. The number of carbonyl (C=O) groups is 1. The predicted molar refractivity (Wildman–Crippen MR) is 163 cm³/mol. The van der Waals surface area contributed by atoms with Crippen LogP contribution >= 0.6 is 22.9 Å². The van der Waals surface area contributed by atoms with Gasteiger partial charge in [0.15, 0.2) is 15.6 Å². The fourth-order valence-electron chi connectivity index (χ4n) is 5.15. The minimum absolute atomic E-state index is 0.0174. The van der Waals surface area contributed by atoms with Gasteiger partial charge in [0.25, 0.3) is 5.56 Å². The van der Waals surface area contributed by atoms with E-state index in [2.05, 4.69) is 10.2 Å². The number of benzene rings is 2. The summed E-state index contributed by atoms with van der Waals surface area (Å²) in [5, 5.41) is 4.65. The molecule has 1 aliphatic heterocycles. The second-order valence-electron chi connectivity index (χ2n) is 10.3. The van der Waals surface area contributed by atoms with E-state index in [4.69, 9.17) is 11.6 Å². The Balaban J connectivity index is 1.24. The van der Waals surface area contributed by atoms with Gasteiger partial charge in [-0.3, -0.25) is 14.2 Å². The lowest BCUT2D eigenvalue weighted by Crippen LogP contribution is -2.31. The van der Waals surface area contributed by atoms with Crippen LogP contribution in [-0.4, -0.2) is 55.6 Å². The Bertz CT molecular complexity index is 1730. The number of carbonyl (C=O) groups excluding carboxylic acids is 1. The Kier molecular flexibility index (Phi) is 9.23. The molecule has 3 heterocycles. The number of nitrogens with one attached hydrogen (secondary N) is 1. The topological polar surface area (TPSA) is 88.5 Å². The van der Waals surface area contributed by atoms with Gasteiger partial charge in [0, 0.05) is 30.2 Å². The number of fused-ring (bicyclic) bond motifs is 1.